The van der Waals surface area contributed by atoms with Crippen molar-refractivity contribution >= 4 is 23.5 Å². The minimum Gasteiger partial charge on any atom is -0.370 e. The highest BCUT2D eigenvalue weighted by Gasteiger charge is 2.27. The number of amides is 3. The van der Waals surface area contributed by atoms with Crippen LogP contribution >= 0.6 is 11.6 Å². The fraction of sp³-hybridized carbons (Fsp3) is 0.500. The molecule has 1 saturated heterocycles. The minimum absolute atomic E-state index is 0.141. The largest absolute Gasteiger partial charge is 0.370 e. The summed E-state index contributed by atoms with van der Waals surface area (Å²) in [5, 5.41) is 3.37. The molecule has 126 valence electrons. The van der Waals surface area contributed by atoms with Gasteiger partial charge in [0, 0.05) is 25.7 Å². The monoisotopic (exact) mass is 339 g/mol. The van der Waals surface area contributed by atoms with Gasteiger partial charge in [-0.05, 0) is 24.6 Å². The van der Waals surface area contributed by atoms with Gasteiger partial charge in [-0.2, -0.15) is 0 Å². The maximum atomic E-state index is 12.3. The van der Waals surface area contributed by atoms with E-state index in [9.17, 15) is 9.59 Å². The van der Waals surface area contributed by atoms with Gasteiger partial charge in [-0.1, -0.05) is 23.7 Å². The van der Waals surface area contributed by atoms with Crippen molar-refractivity contribution in [3.05, 3.63) is 34.9 Å². The Morgan fingerprint density at radius 3 is 2.83 bits per heavy atom. The van der Waals surface area contributed by atoms with E-state index in [1.165, 1.54) is 4.90 Å². The number of urea groups is 1. The zero-order valence-electron chi connectivity index (χ0n) is 13.6. The van der Waals surface area contributed by atoms with Gasteiger partial charge in [0.1, 0.15) is 12.1 Å². The van der Waals surface area contributed by atoms with Crippen LogP contribution in [0.25, 0.3) is 0 Å². The van der Waals surface area contributed by atoms with Gasteiger partial charge in [-0.3, -0.25) is 4.79 Å². The second-order valence-electron chi connectivity index (χ2n) is 5.76. The minimum atomic E-state index is -0.565. The molecule has 0 aliphatic carbocycles. The fourth-order valence-electron chi connectivity index (χ4n) is 2.47. The number of rotatable bonds is 3. The van der Waals surface area contributed by atoms with E-state index in [2.05, 4.69) is 5.32 Å². The summed E-state index contributed by atoms with van der Waals surface area (Å²) in [4.78, 5) is 27.3. The smallest absolute Gasteiger partial charge is 0.318 e. The number of nitrogens with one attached hydrogen (secondary N) is 1. The van der Waals surface area contributed by atoms with Gasteiger partial charge < -0.3 is 19.9 Å². The van der Waals surface area contributed by atoms with Crippen LogP contribution in [-0.4, -0.2) is 61.6 Å². The Hall–Kier alpha value is -1.79. The molecule has 1 aliphatic rings. The summed E-state index contributed by atoms with van der Waals surface area (Å²) >= 11 is 6.01. The first-order valence-corrected chi connectivity index (χ1v) is 7.90. The van der Waals surface area contributed by atoms with Crippen molar-refractivity contribution < 1.29 is 14.3 Å². The lowest BCUT2D eigenvalue weighted by Crippen LogP contribution is -2.52. The molecule has 0 saturated carbocycles. The summed E-state index contributed by atoms with van der Waals surface area (Å²) in [7, 11) is 3.32. The van der Waals surface area contributed by atoms with Crippen LogP contribution in [0.3, 0.4) is 0 Å². The van der Waals surface area contributed by atoms with Crippen LogP contribution in [0.15, 0.2) is 24.3 Å². The normalized spacial score (nSPS) is 19.1. The predicted molar refractivity (Wildman–Crippen MR) is 88.4 cm³/mol. The second-order valence-corrected chi connectivity index (χ2v) is 6.20. The van der Waals surface area contributed by atoms with Crippen LogP contribution in [0.1, 0.15) is 18.6 Å². The van der Waals surface area contributed by atoms with Crippen LogP contribution in [0.4, 0.5) is 4.79 Å². The van der Waals surface area contributed by atoms with Gasteiger partial charge in [-0.15, -0.1) is 0 Å². The van der Waals surface area contributed by atoms with Gasteiger partial charge in [0.15, 0.2) is 0 Å². The molecule has 2 atom stereocenters. The maximum absolute atomic E-state index is 12.3. The lowest BCUT2D eigenvalue weighted by Gasteiger charge is -2.34. The number of hydrogen-bond acceptors (Lipinski definition) is 3. The number of ether oxygens (including phenoxy) is 1. The summed E-state index contributed by atoms with van der Waals surface area (Å²) in [6, 6.07) is 6.60. The Bertz CT molecular complexity index is 579. The number of halogens is 1. The molecule has 6 nitrogen and oxygen atoms in total. The lowest BCUT2D eigenvalue weighted by molar-refractivity contribution is -0.130. The fourth-order valence-corrected chi connectivity index (χ4v) is 2.67. The van der Waals surface area contributed by atoms with Crippen LogP contribution in [0.2, 0.25) is 5.02 Å². The van der Waals surface area contributed by atoms with E-state index in [0.717, 1.165) is 5.56 Å². The van der Waals surface area contributed by atoms with Crippen molar-refractivity contribution in [2.45, 2.75) is 19.1 Å². The Morgan fingerprint density at radius 2 is 2.17 bits per heavy atom. The van der Waals surface area contributed by atoms with Crippen LogP contribution < -0.4 is 5.32 Å². The topological polar surface area (TPSA) is 61.9 Å². The number of hydrogen-bond donors (Lipinski definition) is 1. The highest BCUT2D eigenvalue weighted by molar-refractivity contribution is 6.30. The maximum Gasteiger partial charge on any atom is 0.318 e. The molecular weight excluding hydrogens is 318 g/mol. The summed E-state index contributed by atoms with van der Waals surface area (Å²) < 4.78 is 5.73. The first-order chi connectivity index (χ1) is 10.9. The average Bonchev–Trinajstić information content (AvgIpc) is 2.54. The van der Waals surface area contributed by atoms with E-state index < -0.39 is 6.04 Å². The molecule has 1 aliphatic heterocycles. The zero-order valence-corrected chi connectivity index (χ0v) is 14.3. The van der Waals surface area contributed by atoms with Crippen LogP contribution in [-0.2, 0) is 9.53 Å². The van der Waals surface area contributed by atoms with Crippen molar-refractivity contribution in [3.63, 3.8) is 0 Å². The number of morpholine rings is 1. The Balaban J connectivity index is 1.98. The number of carbonyl (C=O) groups excluding carboxylic acids is 2. The van der Waals surface area contributed by atoms with E-state index in [0.29, 0.717) is 24.7 Å². The molecule has 0 spiro atoms. The second kappa shape index (κ2) is 7.66. The molecular formula is C16H22ClN3O3. The molecule has 0 unspecified atom stereocenters. The summed E-state index contributed by atoms with van der Waals surface area (Å²) in [6.07, 6.45) is -0.215. The van der Waals surface area contributed by atoms with Gasteiger partial charge in [-0.25, -0.2) is 4.79 Å². The molecule has 1 aromatic rings. The SMILES string of the molecule is C[C@H](NC(=O)N1CCO[C@H](c2cccc(Cl)c2)C1)C(=O)N(C)C. The summed E-state index contributed by atoms with van der Waals surface area (Å²) in [6.45, 7) is 3.04. The first-order valence-electron chi connectivity index (χ1n) is 7.52. The Labute approximate surface area is 141 Å². The van der Waals surface area contributed by atoms with Crippen LogP contribution in [0, 0.1) is 0 Å². The van der Waals surface area contributed by atoms with Crippen molar-refractivity contribution in [2.24, 2.45) is 0 Å². The van der Waals surface area contributed by atoms with Gasteiger partial charge in [0.05, 0.1) is 13.2 Å². The van der Waals surface area contributed by atoms with Crippen molar-refractivity contribution in [3.8, 4) is 0 Å². The van der Waals surface area contributed by atoms with Crippen LogP contribution in [0.5, 0.6) is 0 Å². The number of likely N-dealkylation sites (N-methyl/N-ethyl adjacent to an activating group) is 1. The molecule has 23 heavy (non-hydrogen) atoms. The summed E-state index contributed by atoms with van der Waals surface area (Å²) in [5.74, 6) is -0.141. The third-order valence-electron chi connectivity index (χ3n) is 3.73. The molecule has 3 amide bonds. The number of nitrogens with zero attached hydrogens (tertiary/aromatic N) is 2. The van der Waals surface area contributed by atoms with Crippen molar-refractivity contribution in [1.82, 2.24) is 15.1 Å². The average molecular weight is 340 g/mol. The molecule has 1 N–H and O–H groups in total. The van der Waals surface area contributed by atoms with E-state index in [4.69, 9.17) is 16.3 Å². The molecule has 1 aromatic carbocycles. The molecule has 1 fully saturated rings. The molecule has 0 aromatic heterocycles. The summed E-state index contributed by atoms with van der Waals surface area (Å²) in [5.41, 5.74) is 0.937. The Morgan fingerprint density at radius 1 is 1.43 bits per heavy atom. The lowest BCUT2D eigenvalue weighted by atomic mass is 10.1. The number of benzene rings is 1. The van der Waals surface area contributed by atoms with Crippen molar-refractivity contribution in [1.29, 1.82) is 0 Å². The van der Waals surface area contributed by atoms with Gasteiger partial charge in [0.2, 0.25) is 5.91 Å². The molecule has 1 heterocycles. The predicted octanol–water partition coefficient (Wildman–Crippen LogP) is 1.90. The quantitative estimate of drug-likeness (QED) is 0.915. The highest BCUT2D eigenvalue weighted by Crippen LogP contribution is 2.24. The van der Waals surface area contributed by atoms with Gasteiger partial charge >= 0.3 is 6.03 Å². The van der Waals surface area contributed by atoms with E-state index in [1.54, 1.807) is 32.0 Å². The highest BCUT2D eigenvalue weighted by atomic mass is 35.5. The molecule has 0 bridgehead atoms. The first kappa shape index (κ1) is 17.6. The third-order valence-corrected chi connectivity index (χ3v) is 3.96. The van der Waals surface area contributed by atoms with E-state index >= 15 is 0 Å². The molecule has 7 heteroatoms. The standard InChI is InChI=1S/C16H22ClN3O3/c1-11(15(21)19(2)3)18-16(22)20-7-8-23-14(10-20)12-5-4-6-13(17)9-12/h4-6,9,11,14H,7-8,10H2,1-3H3,(H,18,22)/t11-,14-/m0/s1. The van der Waals surface area contributed by atoms with Gasteiger partial charge in [0.25, 0.3) is 0 Å². The van der Waals surface area contributed by atoms with E-state index in [-0.39, 0.29) is 18.0 Å². The van der Waals surface area contributed by atoms with E-state index in [1.807, 2.05) is 18.2 Å². The molecule has 2 rings (SSSR count). The van der Waals surface area contributed by atoms with Crippen molar-refractivity contribution in [2.75, 3.05) is 33.8 Å². The zero-order chi connectivity index (χ0) is 17.0. The number of carbonyl (C=O) groups is 2. The third kappa shape index (κ3) is 4.59. The molecule has 0 radical (unpaired) electrons. The Kier molecular flexibility index (Phi) is 5.85.